The van der Waals surface area contributed by atoms with Crippen LogP contribution in [0.3, 0.4) is 0 Å². The molecule has 1 unspecified atom stereocenters. The molecule has 1 saturated heterocycles. The first-order valence-electron chi connectivity index (χ1n) is 8.25. The fourth-order valence-corrected chi connectivity index (χ4v) is 3.46. The number of rotatable bonds is 4. The van der Waals surface area contributed by atoms with Gasteiger partial charge in [0, 0.05) is 19.5 Å². The molecule has 3 heteroatoms. The average molecular weight is 287 g/mol. The lowest BCUT2D eigenvalue weighted by atomic mass is 9.82. The van der Waals surface area contributed by atoms with Gasteiger partial charge < -0.3 is 10.0 Å². The predicted octanol–water partition coefficient (Wildman–Crippen LogP) is 3.15. The number of hydrogen-bond donors (Lipinski definition) is 1. The van der Waals surface area contributed by atoms with Crippen molar-refractivity contribution in [2.75, 3.05) is 13.1 Å². The third-order valence-corrected chi connectivity index (χ3v) is 5.17. The molecule has 1 amide bonds. The highest BCUT2D eigenvalue weighted by Crippen LogP contribution is 2.33. The Bertz CT molecular complexity index is 461. The molecule has 1 aliphatic heterocycles. The molecule has 2 fully saturated rings. The lowest BCUT2D eigenvalue weighted by Gasteiger charge is -2.36. The van der Waals surface area contributed by atoms with Gasteiger partial charge in [0.2, 0.25) is 5.91 Å². The van der Waals surface area contributed by atoms with Gasteiger partial charge in [-0.25, -0.2) is 0 Å². The van der Waals surface area contributed by atoms with Crippen LogP contribution < -0.4 is 0 Å². The molecule has 1 heterocycles. The first-order chi connectivity index (χ1) is 10.2. The summed E-state index contributed by atoms with van der Waals surface area (Å²) in [6.45, 7) is 1.61. The van der Waals surface area contributed by atoms with Gasteiger partial charge >= 0.3 is 0 Å². The number of hydrogen-bond acceptors (Lipinski definition) is 2. The highest BCUT2D eigenvalue weighted by Gasteiger charge is 2.30. The van der Waals surface area contributed by atoms with Gasteiger partial charge in [-0.1, -0.05) is 36.8 Å². The molecule has 1 N–H and O–H groups in total. The second kappa shape index (κ2) is 6.61. The van der Waals surface area contributed by atoms with Crippen LogP contribution in [0.15, 0.2) is 30.3 Å². The Hall–Kier alpha value is -1.35. The Labute approximate surface area is 127 Å². The van der Waals surface area contributed by atoms with E-state index >= 15 is 0 Å². The van der Waals surface area contributed by atoms with Crippen LogP contribution in [0, 0.1) is 11.8 Å². The lowest BCUT2D eigenvalue weighted by molar-refractivity contribution is -0.134. The van der Waals surface area contributed by atoms with Crippen molar-refractivity contribution in [1.29, 1.82) is 0 Å². The van der Waals surface area contributed by atoms with Gasteiger partial charge in [-0.2, -0.15) is 0 Å². The van der Waals surface area contributed by atoms with Crippen LogP contribution in [0.25, 0.3) is 0 Å². The molecule has 0 radical (unpaired) electrons. The van der Waals surface area contributed by atoms with E-state index in [1.165, 1.54) is 19.3 Å². The van der Waals surface area contributed by atoms with E-state index in [4.69, 9.17) is 0 Å². The Morgan fingerprint density at radius 1 is 1.14 bits per heavy atom. The van der Waals surface area contributed by atoms with Crippen molar-refractivity contribution >= 4 is 5.91 Å². The number of amides is 1. The molecule has 114 valence electrons. The summed E-state index contributed by atoms with van der Waals surface area (Å²) < 4.78 is 0. The van der Waals surface area contributed by atoms with Crippen molar-refractivity contribution in [2.45, 2.75) is 44.6 Å². The summed E-state index contributed by atoms with van der Waals surface area (Å²) in [5.74, 6) is 1.25. The normalized spacial score (nSPS) is 21.9. The van der Waals surface area contributed by atoms with E-state index in [9.17, 15) is 9.90 Å². The third-order valence-electron chi connectivity index (χ3n) is 5.17. The Kier molecular flexibility index (Phi) is 4.59. The van der Waals surface area contributed by atoms with E-state index in [2.05, 4.69) is 0 Å². The monoisotopic (exact) mass is 287 g/mol. The molecule has 1 atom stereocenters. The number of carbonyl (C=O) groups is 1. The van der Waals surface area contributed by atoms with Crippen LogP contribution in [0.4, 0.5) is 0 Å². The van der Waals surface area contributed by atoms with E-state index < -0.39 is 6.10 Å². The maximum Gasteiger partial charge on any atom is 0.222 e. The zero-order valence-corrected chi connectivity index (χ0v) is 12.6. The SMILES string of the molecule is O=C(CC1CCC1)N1CCC(C(O)c2ccccc2)CC1. The molecule has 3 rings (SSSR count). The van der Waals surface area contributed by atoms with Gasteiger partial charge in [-0.15, -0.1) is 0 Å². The molecule has 1 aromatic rings. The van der Waals surface area contributed by atoms with E-state index in [1.807, 2.05) is 35.2 Å². The highest BCUT2D eigenvalue weighted by atomic mass is 16.3. The van der Waals surface area contributed by atoms with Gasteiger partial charge in [0.15, 0.2) is 0 Å². The quantitative estimate of drug-likeness (QED) is 0.924. The zero-order valence-electron chi connectivity index (χ0n) is 12.6. The number of piperidine rings is 1. The molecule has 1 saturated carbocycles. The smallest absolute Gasteiger partial charge is 0.222 e. The molecule has 1 aromatic carbocycles. The van der Waals surface area contributed by atoms with Gasteiger partial charge in [0.25, 0.3) is 0 Å². The second-order valence-electron chi connectivity index (χ2n) is 6.57. The van der Waals surface area contributed by atoms with E-state index in [0.29, 0.717) is 11.8 Å². The minimum Gasteiger partial charge on any atom is -0.388 e. The van der Waals surface area contributed by atoms with Crippen LogP contribution in [0.2, 0.25) is 0 Å². The fraction of sp³-hybridized carbons (Fsp3) is 0.611. The highest BCUT2D eigenvalue weighted by molar-refractivity contribution is 5.76. The molecule has 1 aliphatic carbocycles. The van der Waals surface area contributed by atoms with Crippen molar-refractivity contribution in [3.63, 3.8) is 0 Å². The van der Waals surface area contributed by atoms with Crippen LogP contribution in [0.1, 0.15) is 50.2 Å². The Balaban J connectivity index is 1.49. The summed E-state index contributed by atoms with van der Waals surface area (Å²) in [5.41, 5.74) is 0.997. The Morgan fingerprint density at radius 2 is 1.81 bits per heavy atom. The minimum atomic E-state index is -0.393. The van der Waals surface area contributed by atoms with Crippen molar-refractivity contribution in [1.82, 2.24) is 4.90 Å². The van der Waals surface area contributed by atoms with Crippen molar-refractivity contribution in [3.05, 3.63) is 35.9 Å². The summed E-state index contributed by atoms with van der Waals surface area (Å²) in [7, 11) is 0. The van der Waals surface area contributed by atoms with Crippen molar-refractivity contribution in [3.8, 4) is 0 Å². The zero-order chi connectivity index (χ0) is 14.7. The standard InChI is InChI=1S/C18H25NO2/c20-17(13-14-5-4-6-14)19-11-9-16(10-12-19)18(21)15-7-2-1-3-8-15/h1-3,7-8,14,16,18,21H,4-6,9-13H2. The molecule has 0 bridgehead atoms. The lowest BCUT2D eigenvalue weighted by Crippen LogP contribution is -2.40. The molecular formula is C18H25NO2. The van der Waals surface area contributed by atoms with Crippen LogP contribution >= 0.6 is 0 Å². The summed E-state index contributed by atoms with van der Waals surface area (Å²) >= 11 is 0. The predicted molar refractivity (Wildman–Crippen MR) is 82.7 cm³/mol. The first kappa shape index (κ1) is 14.6. The van der Waals surface area contributed by atoms with Gasteiger partial charge in [-0.3, -0.25) is 4.79 Å². The molecule has 21 heavy (non-hydrogen) atoms. The third kappa shape index (κ3) is 3.46. The molecular weight excluding hydrogens is 262 g/mol. The molecule has 2 aliphatic rings. The van der Waals surface area contributed by atoms with Crippen molar-refractivity contribution < 1.29 is 9.90 Å². The van der Waals surface area contributed by atoms with Gasteiger partial charge in [-0.05, 0) is 43.1 Å². The van der Waals surface area contributed by atoms with Gasteiger partial charge in [0.05, 0.1) is 6.10 Å². The van der Waals surface area contributed by atoms with Crippen molar-refractivity contribution in [2.24, 2.45) is 11.8 Å². The molecule has 0 spiro atoms. The molecule has 3 nitrogen and oxygen atoms in total. The maximum absolute atomic E-state index is 12.2. The number of carbonyl (C=O) groups excluding carboxylic acids is 1. The van der Waals surface area contributed by atoms with Crippen LogP contribution in [-0.4, -0.2) is 29.0 Å². The number of benzene rings is 1. The summed E-state index contributed by atoms with van der Waals surface area (Å²) in [4.78, 5) is 14.2. The van der Waals surface area contributed by atoms with E-state index in [0.717, 1.165) is 37.9 Å². The van der Waals surface area contributed by atoms with E-state index in [1.54, 1.807) is 0 Å². The van der Waals surface area contributed by atoms with Crippen LogP contribution in [0.5, 0.6) is 0 Å². The number of aliphatic hydroxyl groups is 1. The topological polar surface area (TPSA) is 40.5 Å². The van der Waals surface area contributed by atoms with E-state index in [-0.39, 0.29) is 5.92 Å². The second-order valence-corrected chi connectivity index (χ2v) is 6.57. The summed E-state index contributed by atoms with van der Waals surface area (Å²) in [5, 5.41) is 10.5. The van der Waals surface area contributed by atoms with Gasteiger partial charge in [0.1, 0.15) is 0 Å². The van der Waals surface area contributed by atoms with Crippen LogP contribution in [-0.2, 0) is 4.79 Å². The summed E-state index contributed by atoms with van der Waals surface area (Å²) in [6, 6.07) is 9.88. The molecule has 0 aromatic heterocycles. The first-order valence-corrected chi connectivity index (χ1v) is 8.25. The maximum atomic E-state index is 12.2. The number of nitrogens with zero attached hydrogens (tertiary/aromatic N) is 1. The average Bonchev–Trinajstić information content (AvgIpc) is 2.51. The Morgan fingerprint density at radius 3 is 2.38 bits per heavy atom. The summed E-state index contributed by atoms with van der Waals surface area (Å²) in [6.07, 6.45) is 5.92. The largest absolute Gasteiger partial charge is 0.388 e. The fourth-order valence-electron chi connectivity index (χ4n) is 3.46. The number of likely N-dealkylation sites (tertiary alicyclic amines) is 1. The minimum absolute atomic E-state index is 0.278. The number of aliphatic hydroxyl groups excluding tert-OH is 1.